The molecule has 0 aromatic heterocycles. The molecule has 4 heteroatoms. The van der Waals surface area contributed by atoms with Crippen LogP contribution in [0.25, 0.3) is 0 Å². The molecule has 0 saturated carbocycles. The van der Waals surface area contributed by atoms with Crippen molar-refractivity contribution in [1.29, 1.82) is 5.26 Å². The number of nitriles is 1. The summed E-state index contributed by atoms with van der Waals surface area (Å²) in [7, 11) is 1.69. The van der Waals surface area contributed by atoms with Crippen LogP contribution < -0.4 is 5.73 Å². The number of hydrogen-bond donors (Lipinski definition) is 1. The SMILES string of the molecule is CCCC(C)(N)C(=O)N(C)CC(C)C#N. The average molecular weight is 211 g/mol. The lowest BCUT2D eigenvalue weighted by molar-refractivity contribution is -0.135. The second-order valence-corrected chi connectivity index (χ2v) is 4.38. The Morgan fingerprint density at radius 1 is 1.67 bits per heavy atom. The maximum atomic E-state index is 11.9. The Morgan fingerprint density at radius 2 is 2.20 bits per heavy atom. The van der Waals surface area contributed by atoms with Crippen molar-refractivity contribution in [2.24, 2.45) is 11.7 Å². The normalized spacial score (nSPS) is 16.3. The second-order valence-electron chi connectivity index (χ2n) is 4.38. The Kier molecular flexibility index (Phi) is 5.31. The summed E-state index contributed by atoms with van der Waals surface area (Å²) in [4.78, 5) is 13.4. The van der Waals surface area contributed by atoms with Crippen LogP contribution in [-0.2, 0) is 4.79 Å². The minimum Gasteiger partial charge on any atom is -0.343 e. The fourth-order valence-corrected chi connectivity index (χ4v) is 1.60. The molecule has 0 aliphatic carbocycles. The van der Waals surface area contributed by atoms with Crippen LogP contribution in [0, 0.1) is 17.2 Å². The van der Waals surface area contributed by atoms with Crippen molar-refractivity contribution in [1.82, 2.24) is 4.90 Å². The predicted octanol–water partition coefficient (Wildman–Crippen LogP) is 1.12. The number of amides is 1. The van der Waals surface area contributed by atoms with Crippen molar-refractivity contribution < 1.29 is 4.79 Å². The van der Waals surface area contributed by atoms with Crippen LogP contribution in [0.3, 0.4) is 0 Å². The molecule has 2 N–H and O–H groups in total. The van der Waals surface area contributed by atoms with Gasteiger partial charge < -0.3 is 10.6 Å². The zero-order valence-electron chi connectivity index (χ0n) is 10.1. The highest BCUT2D eigenvalue weighted by Gasteiger charge is 2.30. The van der Waals surface area contributed by atoms with Gasteiger partial charge in [0.2, 0.25) is 5.91 Å². The van der Waals surface area contributed by atoms with Gasteiger partial charge >= 0.3 is 0 Å². The third-order valence-corrected chi connectivity index (χ3v) is 2.37. The molecule has 0 rings (SSSR count). The zero-order chi connectivity index (χ0) is 12.1. The van der Waals surface area contributed by atoms with E-state index in [1.54, 1.807) is 25.8 Å². The van der Waals surface area contributed by atoms with E-state index >= 15 is 0 Å². The number of nitrogens with two attached hydrogens (primary N) is 1. The molecular weight excluding hydrogens is 190 g/mol. The second kappa shape index (κ2) is 5.72. The largest absolute Gasteiger partial charge is 0.343 e. The molecule has 4 nitrogen and oxygen atoms in total. The van der Waals surface area contributed by atoms with Gasteiger partial charge in [0.05, 0.1) is 17.5 Å². The monoisotopic (exact) mass is 211 g/mol. The van der Waals surface area contributed by atoms with Gasteiger partial charge in [-0.1, -0.05) is 13.3 Å². The van der Waals surface area contributed by atoms with Crippen LogP contribution >= 0.6 is 0 Å². The minimum atomic E-state index is -0.807. The van der Waals surface area contributed by atoms with E-state index in [4.69, 9.17) is 11.0 Å². The molecule has 0 heterocycles. The van der Waals surface area contributed by atoms with Gasteiger partial charge in [-0.2, -0.15) is 5.26 Å². The van der Waals surface area contributed by atoms with Crippen molar-refractivity contribution in [3.05, 3.63) is 0 Å². The summed E-state index contributed by atoms with van der Waals surface area (Å²) in [5.74, 6) is -0.247. The van der Waals surface area contributed by atoms with Crippen LogP contribution in [0.4, 0.5) is 0 Å². The third-order valence-electron chi connectivity index (χ3n) is 2.37. The van der Waals surface area contributed by atoms with Crippen LogP contribution in [0.15, 0.2) is 0 Å². The first-order valence-corrected chi connectivity index (χ1v) is 5.29. The highest BCUT2D eigenvalue weighted by atomic mass is 16.2. The van der Waals surface area contributed by atoms with Crippen LogP contribution in [-0.4, -0.2) is 29.9 Å². The first-order chi connectivity index (χ1) is 6.85. The summed E-state index contributed by atoms with van der Waals surface area (Å²) in [6.45, 7) is 5.96. The lowest BCUT2D eigenvalue weighted by atomic mass is 9.95. The van der Waals surface area contributed by atoms with Gasteiger partial charge in [0.1, 0.15) is 0 Å². The minimum absolute atomic E-state index is 0.0912. The third kappa shape index (κ3) is 4.30. The molecule has 0 saturated heterocycles. The number of carbonyl (C=O) groups excluding carboxylic acids is 1. The molecule has 0 bridgehead atoms. The molecule has 0 aromatic rings. The standard InChI is InChI=1S/C11H21N3O/c1-5-6-11(3,13)10(15)14(4)8-9(2)7-12/h9H,5-6,8,13H2,1-4H3. The van der Waals surface area contributed by atoms with Crippen LogP contribution in [0.2, 0.25) is 0 Å². The number of hydrogen-bond acceptors (Lipinski definition) is 3. The molecule has 1 amide bonds. The Hall–Kier alpha value is -1.08. The van der Waals surface area contributed by atoms with Crippen molar-refractivity contribution in [3.8, 4) is 6.07 Å². The molecule has 0 aliphatic rings. The highest BCUT2D eigenvalue weighted by molar-refractivity contribution is 5.85. The Morgan fingerprint density at radius 3 is 2.60 bits per heavy atom. The van der Waals surface area contributed by atoms with Crippen molar-refractivity contribution >= 4 is 5.91 Å². The summed E-state index contributed by atoms with van der Waals surface area (Å²) in [5, 5.41) is 8.65. The maximum Gasteiger partial charge on any atom is 0.242 e. The van der Waals surface area contributed by atoms with Gasteiger partial charge in [-0.05, 0) is 20.3 Å². The van der Waals surface area contributed by atoms with Crippen LogP contribution in [0.5, 0.6) is 0 Å². The van der Waals surface area contributed by atoms with E-state index in [9.17, 15) is 4.79 Å². The number of nitrogens with zero attached hydrogens (tertiary/aromatic N) is 2. The van der Waals surface area contributed by atoms with Gasteiger partial charge in [-0.3, -0.25) is 4.79 Å². The van der Waals surface area contributed by atoms with E-state index in [0.29, 0.717) is 13.0 Å². The fraction of sp³-hybridized carbons (Fsp3) is 0.818. The molecule has 15 heavy (non-hydrogen) atoms. The predicted molar refractivity (Wildman–Crippen MR) is 59.9 cm³/mol. The smallest absolute Gasteiger partial charge is 0.242 e. The Bertz CT molecular complexity index is 255. The summed E-state index contributed by atoms with van der Waals surface area (Å²) >= 11 is 0. The van der Waals surface area contributed by atoms with E-state index in [-0.39, 0.29) is 11.8 Å². The van der Waals surface area contributed by atoms with E-state index in [1.807, 2.05) is 6.92 Å². The quantitative estimate of drug-likeness (QED) is 0.741. The molecule has 0 aliphatic heterocycles. The first kappa shape index (κ1) is 13.9. The number of rotatable bonds is 5. The number of carbonyl (C=O) groups is 1. The van der Waals surface area contributed by atoms with E-state index in [2.05, 4.69) is 6.07 Å². The van der Waals surface area contributed by atoms with Gasteiger partial charge in [0, 0.05) is 13.6 Å². The van der Waals surface area contributed by atoms with E-state index in [1.165, 1.54) is 0 Å². The summed E-state index contributed by atoms with van der Waals surface area (Å²) < 4.78 is 0. The Balaban J connectivity index is 4.38. The van der Waals surface area contributed by atoms with Gasteiger partial charge in [0.25, 0.3) is 0 Å². The van der Waals surface area contributed by atoms with E-state index in [0.717, 1.165) is 6.42 Å². The number of likely N-dealkylation sites (N-methyl/N-ethyl adjacent to an activating group) is 1. The lowest BCUT2D eigenvalue weighted by Gasteiger charge is -2.29. The Labute approximate surface area is 92.0 Å². The van der Waals surface area contributed by atoms with Crippen LogP contribution in [0.1, 0.15) is 33.6 Å². The molecule has 0 spiro atoms. The van der Waals surface area contributed by atoms with E-state index < -0.39 is 5.54 Å². The topological polar surface area (TPSA) is 70.1 Å². The molecule has 0 fully saturated rings. The van der Waals surface area contributed by atoms with Gasteiger partial charge in [0.15, 0.2) is 0 Å². The summed E-state index contributed by atoms with van der Waals surface area (Å²) in [5.41, 5.74) is 5.11. The molecule has 86 valence electrons. The van der Waals surface area contributed by atoms with Gasteiger partial charge in [-0.15, -0.1) is 0 Å². The van der Waals surface area contributed by atoms with Crippen molar-refractivity contribution in [2.45, 2.75) is 39.2 Å². The van der Waals surface area contributed by atoms with Crippen molar-refractivity contribution in [2.75, 3.05) is 13.6 Å². The zero-order valence-corrected chi connectivity index (χ0v) is 10.1. The lowest BCUT2D eigenvalue weighted by Crippen LogP contribution is -2.52. The summed E-state index contributed by atoms with van der Waals surface area (Å²) in [6.07, 6.45) is 1.54. The fourth-order valence-electron chi connectivity index (χ4n) is 1.60. The first-order valence-electron chi connectivity index (χ1n) is 5.29. The molecule has 2 atom stereocenters. The van der Waals surface area contributed by atoms with Crippen molar-refractivity contribution in [3.63, 3.8) is 0 Å². The molecule has 0 aromatic carbocycles. The average Bonchev–Trinajstić information content (AvgIpc) is 2.16. The summed E-state index contributed by atoms with van der Waals surface area (Å²) in [6, 6.07) is 2.10. The molecule has 2 unspecified atom stereocenters. The maximum absolute atomic E-state index is 11.9. The molecule has 0 radical (unpaired) electrons. The molecular formula is C11H21N3O. The highest BCUT2D eigenvalue weighted by Crippen LogP contribution is 2.12. The van der Waals surface area contributed by atoms with Gasteiger partial charge in [-0.25, -0.2) is 0 Å².